The Kier molecular flexibility index (Phi) is 5.33. The molecule has 3 rings (SSSR count). The molecule has 1 fully saturated rings. The molecule has 0 saturated carbocycles. The van der Waals surface area contributed by atoms with Crippen LogP contribution in [0, 0.1) is 0 Å². The molecule has 0 radical (unpaired) electrons. The molecule has 0 spiro atoms. The Morgan fingerprint density at radius 2 is 1.81 bits per heavy atom. The lowest BCUT2D eigenvalue weighted by molar-refractivity contribution is 0.00578. The Morgan fingerprint density at radius 1 is 1.12 bits per heavy atom. The van der Waals surface area contributed by atoms with Crippen molar-refractivity contribution in [3.63, 3.8) is 0 Å². The quantitative estimate of drug-likeness (QED) is 0.561. The van der Waals surface area contributed by atoms with Crippen LogP contribution < -0.4 is 11.2 Å². The third-order valence-electron chi connectivity index (χ3n) is 5.32. The Morgan fingerprint density at radius 3 is 2.46 bits per heavy atom. The summed E-state index contributed by atoms with van der Waals surface area (Å²) >= 11 is 0. The van der Waals surface area contributed by atoms with Gasteiger partial charge in [0.2, 0.25) is 0 Å². The molecule has 0 bridgehead atoms. The van der Waals surface area contributed by atoms with Crippen LogP contribution in [0.2, 0.25) is 0 Å². The number of hydrogen-bond acceptors (Lipinski definition) is 5. The first-order valence-corrected chi connectivity index (χ1v) is 9.32. The van der Waals surface area contributed by atoms with E-state index in [0.717, 1.165) is 23.8 Å². The van der Waals surface area contributed by atoms with E-state index < -0.39 is 18.3 Å². The van der Waals surface area contributed by atoms with Crippen LogP contribution in [0.15, 0.2) is 27.4 Å². The second-order valence-electron chi connectivity index (χ2n) is 7.80. The van der Waals surface area contributed by atoms with Crippen LogP contribution in [0.1, 0.15) is 47.5 Å². The van der Waals surface area contributed by atoms with Crippen molar-refractivity contribution in [3.05, 3.63) is 28.7 Å². The minimum Gasteiger partial charge on any atom is -0.408 e. The van der Waals surface area contributed by atoms with Gasteiger partial charge in [0.15, 0.2) is 5.58 Å². The Bertz CT molecular complexity index is 807. The fraction of sp³-hybridized carbons (Fsp3) is 0.632. The molecule has 0 amide bonds. The number of unbranched alkanes of at least 4 members (excludes halogenated alkanes) is 1. The lowest BCUT2D eigenvalue weighted by Crippen LogP contribution is -2.41. The summed E-state index contributed by atoms with van der Waals surface area (Å²) in [6.45, 7) is 11.9. The van der Waals surface area contributed by atoms with E-state index in [4.69, 9.17) is 18.5 Å². The molecule has 1 aliphatic rings. The first-order chi connectivity index (χ1) is 12.2. The van der Waals surface area contributed by atoms with Gasteiger partial charge < -0.3 is 18.5 Å². The molecule has 0 N–H and O–H groups in total. The van der Waals surface area contributed by atoms with Crippen LogP contribution in [-0.2, 0) is 20.6 Å². The van der Waals surface area contributed by atoms with Gasteiger partial charge in [-0.1, -0.05) is 19.4 Å². The van der Waals surface area contributed by atoms with Crippen molar-refractivity contribution < 1.29 is 18.5 Å². The Balaban J connectivity index is 1.82. The Hall–Kier alpha value is -1.57. The van der Waals surface area contributed by atoms with Crippen LogP contribution in [-0.4, -0.2) is 36.1 Å². The van der Waals surface area contributed by atoms with Gasteiger partial charge in [-0.05, 0) is 51.7 Å². The number of nitrogens with zero attached hydrogens (tertiary/aromatic N) is 1. The number of aromatic nitrogens is 1. The third-order valence-corrected chi connectivity index (χ3v) is 5.32. The normalized spacial score (nSPS) is 18.7. The summed E-state index contributed by atoms with van der Waals surface area (Å²) in [4.78, 5) is 12.2. The van der Waals surface area contributed by atoms with Gasteiger partial charge in [0, 0.05) is 6.61 Å². The standard InChI is InChI=1S/C19H28BNO5/c1-6-7-11-23-12-10-21-15-13-14(8-9-16(15)24-17(21)22)20-25-18(2,3)19(4,5)26-20/h8-9,13H,6-7,10-12H2,1-5H3. The van der Waals surface area contributed by atoms with E-state index in [2.05, 4.69) is 6.92 Å². The topological polar surface area (TPSA) is 62.8 Å². The first-order valence-electron chi connectivity index (χ1n) is 9.32. The van der Waals surface area contributed by atoms with Gasteiger partial charge in [0.25, 0.3) is 0 Å². The highest BCUT2D eigenvalue weighted by Crippen LogP contribution is 2.36. The van der Waals surface area contributed by atoms with Crippen molar-refractivity contribution in [2.45, 2.75) is 65.2 Å². The van der Waals surface area contributed by atoms with Crippen LogP contribution in [0.25, 0.3) is 11.1 Å². The molecule has 1 aromatic carbocycles. The summed E-state index contributed by atoms with van der Waals surface area (Å²) < 4.78 is 24.8. The molecular weight excluding hydrogens is 333 g/mol. The number of fused-ring (bicyclic) bond motifs is 1. The van der Waals surface area contributed by atoms with Crippen LogP contribution in [0.4, 0.5) is 0 Å². The summed E-state index contributed by atoms with van der Waals surface area (Å²) in [6, 6.07) is 5.59. The van der Waals surface area contributed by atoms with Gasteiger partial charge >= 0.3 is 12.9 Å². The molecule has 0 aliphatic carbocycles. The smallest absolute Gasteiger partial charge is 0.408 e. The van der Waals surface area contributed by atoms with E-state index in [9.17, 15) is 4.79 Å². The van der Waals surface area contributed by atoms with Crippen molar-refractivity contribution in [1.29, 1.82) is 0 Å². The van der Waals surface area contributed by atoms with Crippen molar-refractivity contribution in [3.8, 4) is 0 Å². The third kappa shape index (κ3) is 3.61. The fourth-order valence-corrected chi connectivity index (χ4v) is 2.92. The van der Waals surface area contributed by atoms with E-state index in [0.29, 0.717) is 25.3 Å². The van der Waals surface area contributed by atoms with Crippen molar-refractivity contribution in [2.75, 3.05) is 13.2 Å². The monoisotopic (exact) mass is 361 g/mol. The highest BCUT2D eigenvalue weighted by molar-refractivity contribution is 6.62. The summed E-state index contributed by atoms with van der Waals surface area (Å²) in [5.74, 6) is -0.370. The fourth-order valence-electron chi connectivity index (χ4n) is 2.92. The van der Waals surface area contributed by atoms with Gasteiger partial charge in [-0.3, -0.25) is 4.57 Å². The predicted octanol–water partition coefficient (Wildman–Crippen LogP) is 2.71. The summed E-state index contributed by atoms with van der Waals surface area (Å²) in [6.07, 6.45) is 2.11. The van der Waals surface area contributed by atoms with Gasteiger partial charge in [-0.2, -0.15) is 0 Å². The maximum atomic E-state index is 12.2. The summed E-state index contributed by atoms with van der Waals surface area (Å²) in [5, 5.41) is 0. The molecule has 6 nitrogen and oxygen atoms in total. The molecule has 142 valence electrons. The lowest BCUT2D eigenvalue weighted by Gasteiger charge is -2.32. The number of oxazole rings is 1. The molecule has 1 saturated heterocycles. The van der Waals surface area contributed by atoms with E-state index in [1.807, 2.05) is 39.8 Å². The van der Waals surface area contributed by atoms with Gasteiger partial charge in [-0.15, -0.1) is 0 Å². The average molecular weight is 361 g/mol. The molecule has 2 aromatic rings. The van der Waals surface area contributed by atoms with Crippen LogP contribution >= 0.6 is 0 Å². The predicted molar refractivity (Wildman–Crippen MR) is 102 cm³/mol. The lowest BCUT2D eigenvalue weighted by atomic mass is 9.79. The number of ether oxygens (including phenoxy) is 1. The van der Waals surface area contributed by atoms with Crippen molar-refractivity contribution in [1.82, 2.24) is 4.57 Å². The van der Waals surface area contributed by atoms with Gasteiger partial charge in [0.05, 0.1) is 29.9 Å². The maximum Gasteiger partial charge on any atom is 0.494 e. The zero-order chi connectivity index (χ0) is 18.9. The Labute approximate surface area is 154 Å². The molecule has 26 heavy (non-hydrogen) atoms. The second kappa shape index (κ2) is 7.21. The molecule has 7 heteroatoms. The average Bonchev–Trinajstić information content (AvgIpc) is 2.99. The van der Waals surface area contributed by atoms with Crippen LogP contribution in [0.5, 0.6) is 0 Å². The largest absolute Gasteiger partial charge is 0.494 e. The maximum absolute atomic E-state index is 12.2. The summed E-state index contributed by atoms with van der Waals surface area (Å²) in [5.41, 5.74) is 1.36. The zero-order valence-electron chi connectivity index (χ0n) is 16.3. The molecule has 1 aliphatic heterocycles. The molecule has 1 aromatic heterocycles. The first kappa shape index (κ1) is 19.2. The minimum absolute atomic E-state index is 0.370. The van der Waals surface area contributed by atoms with Crippen molar-refractivity contribution in [2.24, 2.45) is 0 Å². The van der Waals surface area contributed by atoms with Crippen LogP contribution in [0.3, 0.4) is 0 Å². The molecular formula is C19H28BNO5. The second-order valence-corrected chi connectivity index (χ2v) is 7.80. The summed E-state index contributed by atoms with van der Waals surface area (Å²) in [7, 11) is -0.469. The van der Waals surface area contributed by atoms with Gasteiger partial charge in [0.1, 0.15) is 0 Å². The highest BCUT2D eigenvalue weighted by Gasteiger charge is 2.51. The van der Waals surface area contributed by atoms with Crippen molar-refractivity contribution >= 4 is 23.7 Å². The molecule has 0 atom stereocenters. The van der Waals surface area contributed by atoms with Gasteiger partial charge in [-0.25, -0.2) is 4.79 Å². The molecule has 0 unspecified atom stereocenters. The number of rotatable bonds is 7. The van der Waals surface area contributed by atoms with E-state index in [1.54, 1.807) is 10.6 Å². The number of hydrogen-bond donors (Lipinski definition) is 0. The van der Waals surface area contributed by atoms with E-state index in [1.165, 1.54) is 0 Å². The number of benzene rings is 1. The SMILES string of the molecule is CCCCOCCn1c(=O)oc2ccc(B3OC(C)(C)C(C)(C)O3)cc21. The minimum atomic E-state index is -0.469. The highest BCUT2D eigenvalue weighted by atomic mass is 16.7. The van der Waals surface area contributed by atoms with E-state index >= 15 is 0 Å². The zero-order valence-corrected chi connectivity index (χ0v) is 16.3. The molecule has 2 heterocycles. The van der Waals surface area contributed by atoms with E-state index in [-0.39, 0.29) is 5.76 Å².